The van der Waals surface area contributed by atoms with Crippen LogP contribution in [-0.4, -0.2) is 19.9 Å². The van der Waals surface area contributed by atoms with Crippen LogP contribution in [0, 0.1) is 20.8 Å². The Labute approximate surface area is 111 Å². The van der Waals surface area contributed by atoms with Gasteiger partial charge in [0, 0.05) is 5.39 Å². The van der Waals surface area contributed by atoms with Crippen molar-refractivity contribution in [2.75, 3.05) is 0 Å². The standard InChI is InChI=1S/C15H15N3O/c1-9-8-14(16-13-7-5-4-6-12(9)13)18-11(3)15(19)10(2)17-18/h4-8,19H,1-3H3. The molecule has 3 aromatic rings. The zero-order valence-corrected chi connectivity index (χ0v) is 11.2. The molecule has 0 fully saturated rings. The van der Waals surface area contributed by atoms with Crippen LogP contribution in [0.5, 0.6) is 5.75 Å². The lowest BCUT2D eigenvalue weighted by Gasteiger charge is -2.07. The molecule has 4 nitrogen and oxygen atoms in total. The average Bonchev–Trinajstić information content (AvgIpc) is 2.66. The molecular formula is C15H15N3O. The molecule has 0 aliphatic carbocycles. The molecule has 0 bridgehead atoms. The van der Waals surface area contributed by atoms with Crippen LogP contribution in [0.25, 0.3) is 16.7 Å². The number of benzene rings is 1. The van der Waals surface area contributed by atoms with Crippen molar-refractivity contribution in [3.8, 4) is 11.6 Å². The number of aryl methyl sites for hydroxylation is 2. The normalized spacial score (nSPS) is 11.1. The van der Waals surface area contributed by atoms with Gasteiger partial charge in [0.25, 0.3) is 0 Å². The summed E-state index contributed by atoms with van der Waals surface area (Å²) in [7, 11) is 0. The molecule has 4 heteroatoms. The van der Waals surface area contributed by atoms with E-state index in [0.717, 1.165) is 22.3 Å². The Balaban J connectivity index is 2.28. The van der Waals surface area contributed by atoms with Gasteiger partial charge in [0.05, 0.1) is 11.2 Å². The first-order valence-electron chi connectivity index (χ1n) is 6.20. The van der Waals surface area contributed by atoms with Crippen molar-refractivity contribution in [1.29, 1.82) is 0 Å². The Bertz CT molecular complexity index is 774. The first kappa shape index (κ1) is 11.7. The fourth-order valence-electron chi connectivity index (χ4n) is 2.30. The van der Waals surface area contributed by atoms with E-state index in [-0.39, 0.29) is 5.75 Å². The van der Waals surface area contributed by atoms with Crippen molar-refractivity contribution in [2.45, 2.75) is 20.8 Å². The van der Waals surface area contributed by atoms with Gasteiger partial charge in [-0.3, -0.25) is 0 Å². The Hall–Kier alpha value is -2.36. The summed E-state index contributed by atoms with van der Waals surface area (Å²) < 4.78 is 1.68. The highest BCUT2D eigenvalue weighted by Gasteiger charge is 2.13. The molecule has 19 heavy (non-hydrogen) atoms. The SMILES string of the molecule is Cc1nn(-c2cc(C)c3ccccc3n2)c(C)c1O. The lowest BCUT2D eigenvalue weighted by molar-refractivity contribution is 0.466. The third-order valence-corrected chi connectivity index (χ3v) is 3.38. The molecule has 0 spiro atoms. The molecule has 0 aliphatic rings. The highest BCUT2D eigenvalue weighted by Crippen LogP contribution is 2.25. The zero-order chi connectivity index (χ0) is 13.6. The molecular weight excluding hydrogens is 238 g/mol. The second-order valence-corrected chi connectivity index (χ2v) is 4.75. The smallest absolute Gasteiger partial charge is 0.160 e. The highest BCUT2D eigenvalue weighted by atomic mass is 16.3. The molecule has 0 amide bonds. The van der Waals surface area contributed by atoms with Crippen LogP contribution >= 0.6 is 0 Å². The monoisotopic (exact) mass is 253 g/mol. The van der Waals surface area contributed by atoms with Crippen LogP contribution in [-0.2, 0) is 0 Å². The topological polar surface area (TPSA) is 50.9 Å². The van der Waals surface area contributed by atoms with Gasteiger partial charge in [0.1, 0.15) is 5.69 Å². The van der Waals surface area contributed by atoms with Gasteiger partial charge in [-0.25, -0.2) is 9.67 Å². The summed E-state index contributed by atoms with van der Waals surface area (Å²) in [6, 6.07) is 10.0. The molecule has 0 saturated heterocycles. The molecule has 1 N–H and O–H groups in total. The van der Waals surface area contributed by atoms with Crippen molar-refractivity contribution in [3.63, 3.8) is 0 Å². The van der Waals surface area contributed by atoms with E-state index in [4.69, 9.17) is 0 Å². The van der Waals surface area contributed by atoms with E-state index < -0.39 is 0 Å². The van der Waals surface area contributed by atoms with Crippen LogP contribution in [0.4, 0.5) is 0 Å². The van der Waals surface area contributed by atoms with Crippen LogP contribution < -0.4 is 0 Å². The molecule has 3 rings (SSSR count). The summed E-state index contributed by atoms with van der Waals surface area (Å²) in [6.45, 7) is 5.67. The largest absolute Gasteiger partial charge is 0.504 e. The number of hydrogen-bond donors (Lipinski definition) is 1. The van der Waals surface area contributed by atoms with Gasteiger partial charge in [-0.2, -0.15) is 5.10 Å². The Morgan fingerprint density at radius 1 is 1.11 bits per heavy atom. The van der Waals surface area contributed by atoms with Crippen molar-refractivity contribution in [1.82, 2.24) is 14.8 Å². The number of para-hydroxylation sites is 1. The number of hydrogen-bond acceptors (Lipinski definition) is 3. The number of nitrogens with zero attached hydrogens (tertiary/aromatic N) is 3. The van der Waals surface area contributed by atoms with Gasteiger partial charge in [0.15, 0.2) is 11.6 Å². The lowest BCUT2D eigenvalue weighted by Crippen LogP contribution is -2.03. The predicted octanol–water partition coefficient (Wildman–Crippen LogP) is 3.05. The minimum Gasteiger partial charge on any atom is -0.504 e. The zero-order valence-electron chi connectivity index (χ0n) is 11.2. The fourth-order valence-corrected chi connectivity index (χ4v) is 2.30. The van der Waals surface area contributed by atoms with Crippen molar-refractivity contribution in [2.24, 2.45) is 0 Å². The molecule has 96 valence electrons. The van der Waals surface area contributed by atoms with Crippen molar-refractivity contribution in [3.05, 3.63) is 47.3 Å². The predicted molar refractivity (Wildman–Crippen MR) is 74.7 cm³/mol. The molecule has 0 atom stereocenters. The Morgan fingerprint density at radius 3 is 2.53 bits per heavy atom. The summed E-state index contributed by atoms with van der Waals surface area (Å²) in [5.41, 5.74) is 3.40. The third-order valence-electron chi connectivity index (χ3n) is 3.38. The van der Waals surface area contributed by atoms with Crippen molar-refractivity contribution >= 4 is 10.9 Å². The Kier molecular flexibility index (Phi) is 2.52. The average molecular weight is 253 g/mol. The number of fused-ring (bicyclic) bond motifs is 1. The van der Waals surface area contributed by atoms with E-state index in [0.29, 0.717) is 11.4 Å². The minimum absolute atomic E-state index is 0.229. The third kappa shape index (κ3) is 1.76. The summed E-state index contributed by atoms with van der Waals surface area (Å²) in [6.07, 6.45) is 0. The van der Waals surface area contributed by atoms with E-state index in [1.165, 1.54) is 0 Å². The number of rotatable bonds is 1. The van der Waals surface area contributed by atoms with Gasteiger partial charge < -0.3 is 5.11 Å². The van der Waals surface area contributed by atoms with Crippen molar-refractivity contribution < 1.29 is 5.11 Å². The van der Waals surface area contributed by atoms with E-state index >= 15 is 0 Å². The molecule has 0 radical (unpaired) electrons. The quantitative estimate of drug-likeness (QED) is 0.725. The van der Waals surface area contributed by atoms with E-state index in [2.05, 4.69) is 23.1 Å². The van der Waals surface area contributed by atoms with Gasteiger partial charge in [0.2, 0.25) is 0 Å². The summed E-state index contributed by atoms with van der Waals surface area (Å²) >= 11 is 0. The minimum atomic E-state index is 0.229. The van der Waals surface area contributed by atoms with E-state index in [9.17, 15) is 5.11 Å². The Morgan fingerprint density at radius 2 is 1.84 bits per heavy atom. The summed E-state index contributed by atoms with van der Waals surface area (Å²) in [5.74, 6) is 0.963. The first-order valence-corrected chi connectivity index (χ1v) is 6.20. The van der Waals surface area contributed by atoms with Crippen LogP contribution in [0.1, 0.15) is 17.0 Å². The van der Waals surface area contributed by atoms with Crippen LogP contribution in [0.15, 0.2) is 30.3 Å². The number of pyridine rings is 1. The summed E-state index contributed by atoms with van der Waals surface area (Å²) in [5, 5.41) is 15.3. The second kappa shape index (κ2) is 4.09. The van der Waals surface area contributed by atoms with Crippen LogP contribution in [0.3, 0.4) is 0 Å². The molecule has 2 aromatic heterocycles. The van der Waals surface area contributed by atoms with Crippen LogP contribution in [0.2, 0.25) is 0 Å². The van der Waals surface area contributed by atoms with Gasteiger partial charge in [-0.1, -0.05) is 18.2 Å². The van der Waals surface area contributed by atoms with Gasteiger partial charge >= 0.3 is 0 Å². The first-order chi connectivity index (χ1) is 9.08. The maximum atomic E-state index is 9.86. The van der Waals surface area contributed by atoms with E-state index in [1.807, 2.05) is 31.2 Å². The molecule has 2 heterocycles. The van der Waals surface area contributed by atoms with E-state index in [1.54, 1.807) is 11.6 Å². The second-order valence-electron chi connectivity index (χ2n) is 4.75. The molecule has 1 aromatic carbocycles. The highest BCUT2D eigenvalue weighted by molar-refractivity contribution is 5.82. The molecule has 0 saturated carbocycles. The lowest BCUT2D eigenvalue weighted by atomic mass is 10.1. The number of aromatic hydroxyl groups is 1. The summed E-state index contributed by atoms with van der Waals surface area (Å²) in [4.78, 5) is 4.61. The molecule has 0 unspecified atom stereocenters. The maximum absolute atomic E-state index is 9.86. The molecule has 0 aliphatic heterocycles. The van der Waals surface area contributed by atoms with Gasteiger partial charge in [-0.15, -0.1) is 0 Å². The maximum Gasteiger partial charge on any atom is 0.160 e. The fraction of sp³-hybridized carbons (Fsp3) is 0.200. The van der Waals surface area contributed by atoms with Gasteiger partial charge in [-0.05, 0) is 38.5 Å². The number of aromatic nitrogens is 3.